The second-order valence-corrected chi connectivity index (χ2v) is 7.97. The molecule has 1 heterocycles. The first-order valence-electron chi connectivity index (χ1n) is 9.01. The van der Waals surface area contributed by atoms with Crippen molar-refractivity contribution in [1.82, 2.24) is 0 Å². The first kappa shape index (κ1) is 20.7. The number of amides is 1. The van der Waals surface area contributed by atoms with Crippen LogP contribution in [-0.4, -0.2) is 33.1 Å². The van der Waals surface area contributed by atoms with E-state index in [9.17, 15) is 18.7 Å². The van der Waals surface area contributed by atoms with Crippen LogP contribution in [0.1, 0.15) is 53.4 Å². The van der Waals surface area contributed by atoms with Crippen LogP contribution >= 0.6 is 11.8 Å². The molecule has 0 aromatic heterocycles. The third kappa shape index (κ3) is 3.46. The first-order chi connectivity index (χ1) is 12.3. The Kier molecular flexibility index (Phi) is 6.32. The van der Waals surface area contributed by atoms with E-state index in [2.05, 4.69) is 27.7 Å². The molecule has 0 radical (unpaired) electrons. The van der Waals surface area contributed by atoms with E-state index < -0.39 is 17.7 Å². The summed E-state index contributed by atoms with van der Waals surface area (Å²) in [6, 6.07) is 3.12. The van der Waals surface area contributed by atoms with Gasteiger partial charge in [0.15, 0.2) is 11.6 Å². The fourth-order valence-electron chi connectivity index (χ4n) is 3.91. The molecule has 26 heavy (non-hydrogen) atoms. The standard InChI is InChI=1S/C19H26F2N2O2S/c1-5-18(6-2)19(7-3,8-4)26-16(22-18)12-23(17(24)25)13-9-10-14(20)15(21)11-13/h9-11H,5-8,12H2,1-4H3,(H,24,25). The van der Waals surface area contributed by atoms with Crippen molar-refractivity contribution in [3.8, 4) is 0 Å². The van der Waals surface area contributed by atoms with Crippen LogP contribution in [0.2, 0.25) is 0 Å². The molecule has 2 rings (SSSR count). The zero-order valence-corrected chi connectivity index (χ0v) is 16.5. The molecule has 7 heteroatoms. The van der Waals surface area contributed by atoms with Gasteiger partial charge in [-0.15, -0.1) is 11.8 Å². The molecule has 0 aliphatic carbocycles. The van der Waals surface area contributed by atoms with Crippen LogP contribution in [0.5, 0.6) is 0 Å². The van der Waals surface area contributed by atoms with Crippen LogP contribution in [0.4, 0.5) is 19.3 Å². The number of halogens is 2. The highest BCUT2D eigenvalue weighted by molar-refractivity contribution is 8.15. The van der Waals surface area contributed by atoms with Crippen molar-refractivity contribution in [2.45, 2.75) is 63.7 Å². The molecule has 1 aromatic carbocycles. The second-order valence-electron chi connectivity index (χ2n) is 6.51. The van der Waals surface area contributed by atoms with Crippen molar-refractivity contribution in [2.24, 2.45) is 4.99 Å². The summed E-state index contributed by atoms with van der Waals surface area (Å²) in [5, 5.41) is 10.3. The SMILES string of the molecule is CCC1(CC)N=C(CN(C(=O)O)c2ccc(F)c(F)c2)SC1(CC)CC. The average Bonchev–Trinajstić information content (AvgIpc) is 2.96. The molecule has 1 aromatic rings. The van der Waals surface area contributed by atoms with Gasteiger partial charge < -0.3 is 5.11 Å². The Morgan fingerprint density at radius 2 is 1.73 bits per heavy atom. The smallest absolute Gasteiger partial charge is 0.412 e. The van der Waals surface area contributed by atoms with Gasteiger partial charge in [-0.1, -0.05) is 27.7 Å². The Morgan fingerprint density at radius 1 is 1.12 bits per heavy atom. The summed E-state index contributed by atoms with van der Waals surface area (Å²) >= 11 is 1.64. The highest BCUT2D eigenvalue weighted by Crippen LogP contribution is 2.53. The minimum absolute atomic E-state index is 0.0363. The largest absolute Gasteiger partial charge is 0.465 e. The number of aliphatic imine (C=N–C) groups is 1. The zero-order valence-electron chi connectivity index (χ0n) is 15.7. The van der Waals surface area contributed by atoms with Gasteiger partial charge in [0.2, 0.25) is 0 Å². The lowest BCUT2D eigenvalue weighted by Gasteiger charge is -2.41. The van der Waals surface area contributed by atoms with E-state index in [0.717, 1.165) is 47.8 Å². The van der Waals surface area contributed by atoms with Crippen LogP contribution in [-0.2, 0) is 0 Å². The molecular weight excluding hydrogens is 358 g/mol. The summed E-state index contributed by atoms with van der Waals surface area (Å²) < 4.78 is 26.7. The maximum absolute atomic E-state index is 13.6. The predicted molar refractivity (Wildman–Crippen MR) is 103 cm³/mol. The average molecular weight is 384 g/mol. The molecule has 0 bridgehead atoms. The molecule has 0 unspecified atom stereocenters. The lowest BCUT2D eigenvalue weighted by atomic mass is 9.76. The third-order valence-electron chi connectivity index (χ3n) is 5.55. The number of thioether (sulfide) groups is 1. The molecule has 0 saturated heterocycles. The molecule has 4 nitrogen and oxygen atoms in total. The fraction of sp³-hybridized carbons (Fsp3) is 0.579. The number of carboxylic acid groups (broad SMARTS) is 1. The number of hydrogen-bond acceptors (Lipinski definition) is 3. The van der Waals surface area contributed by atoms with Gasteiger partial charge in [-0.2, -0.15) is 0 Å². The van der Waals surface area contributed by atoms with Gasteiger partial charge in [0.05, 0.1) is 22.8 Å². The minimum atomic E-state index is -1.22. The topological polar surface area (TPSA) is 52.9 Å². The number of hydrogen-bond donors (Lipinski definition) is 1. The molecule has 0 atom stereocenters. The number of rotatable bonds is 7. The van der Waals surface area contributed by atoms with Gasteiger partial charge in [0.25, 0.3) is 0 Å². The molecule has 1 N–H and O–H groups in total. The van der Waals surface area contributed by atoms with E-state index in [1.807, 2.05) is 0 Å². The minimum Gasteiger partial charge on any atom is -0.465 e. The van der Waals surface area contributed by atoms with Gasteiger partial charge >= 0.3 is 6.09 Å². The van der Waals surface area contributed by atoms with Crippen molar-refractivity contribution in [2.75, 3.05) is 11.4 Å². The number of benzene rings is 1. The van der Waals surface area contributed by atoms with E-state index in [4.69, 9.17) is 4.99 Å². The summed E-state index contributed by atoms with van der Waals surface area (Å²) in [6.45, 7) is 8.54. The normalized spacial score (nSPS) is 17.8. The molecule has 1 amide bonds. The lowest BCUT2D eigenvalue weighted by Crippen LogP contribution is -2.46. The number of nitrogens with zero attached hydrogens (tertiary/aromatic N) is 2. The summed E-state index contributed by atoms with van der Waals surface area (Å²) in [5.74, 6) is -2.07. The zero-order chi connectivity index (χ0) is 19.5. The van der Waals surface area contributed by atoms with E-state index in [-0.39, 0.29) is 22.5 Å². The van der Waals surface area contributed by atoms with E-state index in [0.29, 0.717) is 0 Å². The van der Waals surface area contributed by atoms with Crippen LogP contribution in [0.15, 0.2) is 23.2 Å². The summed E-state index contributed by atoms with van der Waals surface area (Å²) in [4.78, 5) is 17.7. The molecule has 0 fully saturated rings. The van der Waals surface area contributed by atoms with Crippen LogP contribution in [0.25, 0.3) is 0 Å². The Labute approximate surface area is 157 Å². The van der Waals surface area contributed by atoms with Crippen molar-refractivity contribution < 1.29 is 18.7 Å². The number of carbonyl (C=O) groups is 1. The van der Waals surface area contributed by atoms with Crippen molar-refractivity contribution in [3.05, 3.63) is 29.8 Å². The molecular formula is C19H26F2N2O2S. The Balaban J connectivity index is 2.37. The highest BCUT2D eigenvalue weighted by Gasteiger charge is 2.52. The number of anilines is 1. The van der Waals surface area contributed by atoms with E-state index >= 15 is 0 Å². The van der Waals surface area contributed by atoms with Gasteiger partial charge in [0, 0.05) is 10.8 Å². The fourth-order valence-corrected chi connectivity index (χ4v) is 5.59. The van der Waals surface area contributed by atoms with Crippen LogP contribution < -0.4 is 4.90 Å². The quantitative estimate of drug-likeness (QED) is 0.655. The van der Waals surface area contributed by atoms with E-state index in [1.165, 1.54) is 6.07 Å². The molecule has 1 aliphatic rings. The van der Waals surface area contributed by atoms with Gasteiger partial charge in [0.1, 0.15) is 0 Å². The van der Waals surface area contributed by atoms with Crippen LogP contribution in [0, 0.1) is 11.6 Å². The molecule has 144 valence electrons. The molecule has 0 spiro atoms. The monoisotopic (exact) mass is 384 g/mol. The molecule has 1 aliphatic heterocycles. The first-order valence-corrected chi connectivity index (χ1v) is 9.83. The van der Waals surface area contributed by atoms with E-state index in [1.54, 1.807) is 11.8 Å². The van der Waals surface area contributed by atoms with Crippen molar-refractivity contribution in [1.29, 1.82) is 0 Å². The second kappa shape index (κ2) is 7.94. The third-order valence-corrected chi connectivity index (χ3v) is 7.36. The summed E-state index contributed by atoms with van der Waals surface area (Å²) in [5.41, 5.74) is -0.127. The van der Waals surface area contributed by atoms with Crippen molar-refractivity contribution >= 4 is 28.6 Å². The Bertz CT molecular complexity index is 701. The van der Waals surface area contributed by atoms with Gasteiger partial charge in [-0.05, 0) is 37.8 Å². The maximum atomic E-state index is 13.6. The maximum Gasteiger partial charge on any atom is 0.412 e. The highest BCUT2D eigenvalue weighted by atomic mass is 32.2. The Morgan fingerprint density at radius 3 is 2.15 bits per heavy atom. The van der Waals surface area contributed by atoms with Gasteiger partial charge in [-0.25, -0.2) is 13.6 Å². The van der Waals surface area contributed by atoms with Crippen molar-refractivity contribution in [3.63, 3.8) is 0 Å². The Hall–Kier alpha value is -1.63. The summed E-state index contributed by atoms with van der Waals surface area (Å²) in [7, 11) is 0. The lowest BCUT2D eigenvalue weighted by molar-refractivity contribution is 0.202. The predicted octanol–water partition coefficient (Wildman–Crippen LogP) is 5.71. The van der Waals surface area contributed by atoms with Crippen LogP contribution in [0.3, 0.4) is 0 Å². The van der Waals surface area contributed by atoms with Gasteiger partial charge in [-0.3, -0.25) is 9.89 Å². The molecule has 0 saturated carbocycles. The summed E-state index contributed by atoms with van der Waals surface area (Å²) in [6.07, 6.45) is 2.39.